The lowest BCUT2D eigenvalue weighted by Gasteiger charge is -2.07. The highest BCUT2D eigenvalue weighted by Crippen LogP contribution is 2.27. The fraction of sp³-hybridized carbons (Fsp3) is 0.444. The summed E-state index contributed by atoms with van der Waals surface area (Å²) >= 11 is 2.61. The summed E-state index contributed by atoms with van der Waals surface area (Å²) < 4.78 is 0.665. The van der Waals surface area contributed by atoms with Crippen molar-refractivity contribution in [1.29, 1.82) is 0 Å². The molecule has 0 saturated heterocycles. The van der Waals surface area contributed by atoms with E-state index in [1.807, 2.05) is 12.1 Å². The van der Waals surface area contributed by atoms with Gasteiger partial charge in [-0.2, -0.15) is 0 Å². The summed E-state index contributed by atoms with van der Waals surface area (Å²) in [6.07, 6.45) is 1.87. The molecule has 3 amide bonds. The van der Waals surface area contributed by atoms with Crippen molar-refractivity contribution >= 4 is 45.9 Å². The first-order valence-corrected chi connectivity index (χ1v) is 10.7. The standard InChI is InChI=1S/C18H25N5O2S2/c1-4-13-5-7-14(8-6-13)20-17-22-23-18(27-17)26-11-15(24)21-16(25)19-10-9-12(2)3/h5-8,12H,4,9-11H2,1-3H3,(H,20,22)(H2,19,21,24,25). The van der Waals surface area contributed by atoms with Crippen molar-refractivity contribution in [3.05, 3.63) is 29.8 Å². The Morgan fingerprint density at radius 3 is 2.59 bits per heavy atom. The average molecular weight is 408 g/mol. The normalized spacial score (nSPS) is 10.7. The van der Waals surface area contributed by atoms with Gasteiger partial charge in [0.1, 0.15) is 0 Å². The SMILES string of the molecule is CCc1ccc(Nc2nnc(SCC(=O)NC(=O)NCCC(C)C)s2)cc1. The molecule has 146 valence electrons. The number of nitrogens with one attached hydrogen (secondary N) is 3. The summed E-state index contributed by atoms with van der Waals surface area (Å²) in [4.78, 5) is 23.4. The van der Waals surface area contributed by atoms with Gasteiger partial charge in [0.15, 0.2) is 4.34 Å². The molecule has 7 nitrogen and oxygen atoms in total. The highest BCUT2D eigenvalue weighted by molar-refractivity contribution is 8.01. The second-order valence-electron chi connectivity index (χ2n) is 6.32. The first-order chi connectivity index (χ1) is 13.0. The van der Waals surface area contributed by atoms with Gasteiger partial charge in [-0.3, -0.25) is 10.1 Å². The Kier molecular flexibility index (Phi) is 8.53. The Hall–Kier alpha value is -2.13. The number of hydrogen-bond donors (Lipinski definition) is 3. The number of imide groups is 1. The van der Waals surface area contributed by atoms with E-state index in [2.05, 4.69) is 59.1 Å². The smallest absolute Gasteiger partial charge is 0.321 e. The summed E-state index contributed by atoms with van der Waals surface area (Å²) in [6.45, 7) is 6.82. The number of aromatic nitrogens is 2. The zero-order valence-electron chi connectivity index (χ0n) is 15.7. The van der Waals surface area contributed by atoms with Crippen LogP contribution in [0, 0.1) is 5.92 Å². The van der Waals surface area contributed by atoms with Crippen molar-refractivity contribution in [1.82, 2.24) is 20.8 Å². The Labute approximate surface area is 167 Å². The van der Waals surface area contributed by atoms with Gasteiger partial charge in [-0.15, -0.1) is 10.2 Å². The van der Waals surface area contributed by atoms with Crippen LogP contribution in [0.3, 0.4) is 0 Å². The number of nitrogens with zero attached hydrogens (tertiary/aromatic N) is 2. The number of urea groups is 1. The van der Waals surface area contributed by atoms with Crippen LogP contribution in [0.4, 0.5) is 15.6 Å². The van der Waals surface area contributed by atoms with Gasteiger partial charge < -0.3 is 10.6 Å². The van der Waals surface area contributed by atoms with Crippen LogP contribution in [0.5, 0.6) is 0 Å². The molecular weight excluding hydrogens is 382 g/mol. The predicted molar refractivity (Wildman–Crippen MR) is 111 cm³/mol. The van der Waals surface area contributed by atoms with Gasteiger partial charge in [0.2, 0.25) is 11.0 Å². The first kappa shape index (κ1) is 21.2. The molecule has 0 aliphatic rings. The van der Waals surface area contributed by atoms with Crippen LogP contribution in [0.2, 0.25) is 0 Å². The molecule has 1 aromatic carbocycles. The third-order valence-corrected chi connectivity index (χ3v) is 5.58. The van der Waals surface area contributed by atoms with Gasteiger partial charge in [-0.1, -0.05) is 56.0 Å². The zero-order valence-corrected chi connectivity index (χ0v) is 17.4. The van der Waals surface area contributed by atoms with Crippen molar-refractivity contribution in [3.8, 4) is 0 Å². The lowest BCUT2D eigenvalue weighted by molar-refractivity contribution is -0.117. The maximum Gasteiger partial charge on any atom is 0.321 e. The number of benzene rings is 1. The summed E-state index contributed by atoms with van der Waals surface area (Å²) in [5.41, 5.74) is 2.21. The van der Waals surface area contributed by atoms with Crippen molar-refractivity contribution < 1.29 is 9.59 Å². The van der Waals surface area contributed by atoms with Crippen LogP contribution in [0.15, 0.2) is 28.6 Å². The zero-order chi connectivity index (χ0) is 19.6. The highest BCUT2D eigenvalue weighted by atomic mass is 32.2. The number of anilines is 2. The molecule has 3 N–H and O–H groups in total. The quantitative estimate of drug-likeness (QED) is 0.547. The van der Waals surface area contributed by atoms with Crippen molar-refractivity contribution in [2.45, 2.75) is 38.0 Å². The highest BCUT2D eigenvalue weighted by Gasteiger charge is 2.11. The van der Waals surface area contributed by atoms with E-state index in [0.717, 1.165) is 18.5 Å². The number of rotatable bonds is 9. The van der Waals surface area contributed by atoms with E-state index < -0.39 is 6.03 Å². The van der Waals surface area contributed by atoms with Crippen LogP contribution in [0.1, 0.15) is 32.8 Å². The fourth-order valence-corrected chi connectivity index (χ4v) is 3.65. The fourth-order valence-electron chi connectivity index (χ4n) is 2.07. The van der Waals surface area contributed by atoms with Crippen LogP contribution in [-0.2, 0) is 11.2 Å². The molecule has 0 saturated carbocycles. The third-order valence-electron chi connectivity index (χ3n) is 3.61. The minimum Gasteiger partial charge on any atom is -0.338 e. The monoisotopic (exact) mass is 407 g/mol. The largest absolute Gasteiger partial charge is 0.338 e. The lowest BCUT2D eigenvalue weighted by atomic mass is 10.1. The molecule has 1 heterocycles. The van der Waals surface area contributed by atoms with E-state index in [9.17, 15) is 9.59 Å². The van der Waals surface area contributed by atoms with Gasteiger partial charge in [-0.05, 0) is 36.5 Å². The molecule has 0 spiro atoms. The number of amides is 3. The number of hydrogen-bond acceptors (Lipinski definition) is 7. The number of carbonyl (C=O) groups is 2. The molecule has 0 aliphatic heterocycles. The molecule has 0 aliphatic carbocycles. The Balaban J connectivity index is 1.73. The van der Waals surface area contributed by atoms with Crippen LogP contribution < -0.4 is 16.0 Å². The summed E-state index contributed by atoms with van der Waals surface area (Å²) in [5.74, 6) is 0.250. The van der Waals surface area contributed by atoms with Gasteiger partial charge >= 0.3 is 6.03 Å². The molecule has 0 bridgehead atoms. The third kappa shape index (κ3) is 7.96. The predicted octanol–water partition coefficient (Wildman–Crippen LogP) is 3.81. The minimum atomic E-state index is -0.462. The molecule has 27 heavy (non-hydrogen) atoms. The molecule has 9 heteroatoms. The van der Waals surface area contributed by atoms with Crippen molar-refractivity contribution in [3.63, 3.8) is 0 Å². The average Bonchev–Trinajstić information content (AvgIpc) is 3.07. The molecule has 0 radical (unpaired) electrons. The molecule has 2 rings (SSSR count). The Bertz CT molecular complexity index is 746. The molecular formula is C18H25N5O2S2. The van der Waals surface area contributed by atoms with Gasteiger partial charge in [-0.25, -0.2) is 4.79 Å². The van der Waals surface area contributed by atoms with Crippen molar-refractivity contribution in [2.24, 2.45) is 5.92 Å². The van der Waals surface area contributed by atoms with Crippen molar-refractivity contribution in [2.75, 3.05) is 17.6 Å². The second-order valence-corrected chi connectivity index (χ2v) is 8.52. The lowest BCUT2D eigenvalue weighted by Crippen LogP contribution is -2.40. The molecule has 1 aromatic heterocycles. The molecule has 0 fully saturated rings. The Morgan fingerprint density at radius 2 is 1.93 bits per heavy atom. The van der Waals surface area contributed by atoms with Gasteiger partial charge in [0.05, 0.1) is 5.75 Å². The van der Waals surface area contributed by atoms with E-state index in [1.165, 1.54) is 28.7 Å². The van der Waals surface area contributed by atoms with Crippen LogP contribution >= 0.6 is 23.1 Å². The van der Waals surface area contributed by atoms with E-state index >= 15 is 0 Å². The van der Waals surface area contributed by atoms with Crippen LogP contribution in [0.25, 0.3) is 0 Å². The van der Waals surface area contributed by atoms with Gasteiger partial charge in [0.25, 0.3) is 0 Å². The van der Waals surface area contributed by atoms with E-state index in [0.29, 0.717) is 21.9 Å². The summed E-state index contributed by atoms with van der Waals surface area (Å²) in [6, 6.07) is 7.67. The molecule has 0 unspecified atom stereocenters. The van der Waals surface area contributed by atoms with E-state index in [4.69, 9.17) is 0 Å². The minimum absolute atomic E-state index is 0.109. The number of thioether (sulfide) groups is 1. The van der Waals surface area contributed by atoms with Crippen LogP contribution in [-0.4, -0.2) is 34.4 Å². The summed E-state index contributed by atoms with van der Waals surface area (Å²) in [5, 5.41) is 17.0. The molecule has 0 atom stereocenters. The van der Waals surface area contributed by atoms with E-state index in [1.54, 1.807) is 0 Å². The number of carbonyl (C=O) groups excluding carboxylic acids is 2. The molecule has 2 aromatic rings. The summed E-state index contributed by atoms with van der Waals surface area (Å²) in [7, 11) is 0. The Morgan fingerprint density at radius 1 is 1.19 bits per heavy atom. The topological polar surface area (TPSA) is 96.0 Å². The van der Waals surface area contributed by atoms with Gasteiger partial charge in [0, 0.05) is 12.2 Å². The van der Waals surface area contributed by atoms with E-state index in [-0.39, 0.29) is 11.7 Å². The first-order valence-electron chi connectivity index (χ1n) is 8.86. The second kappa shape index (κ2) is 10.9. The maximum atomic E-state index is 11.8. The number of aryl methyl sites for hydroxylation is 1. The maximum absolute atomic E-state index is 11.8.